The van der Waals surface area contributed by atoms with Crippen LogP contribution in [0.3, 0.4) is 0 Å². The molecule has 2 rings (SSSR count). The monoisotopic (exact) mass is 248 g/mol. The Kier molecular flexibility index (Phi) is 3.65. The Labute approximate surface area is 106 Å². The van der Waals surface area contributed by atoms with E-state index in [4.69, 9.17) is 16.9 Å². The number of rotatable bonds is 2. The molecule has 0 atom stereocenters. The van der Waals surface area contributed by atoms with Crippen molar-refractivity contribution in [2.24, 2.45) is 0 Å². The number of carbonyl (C=O) groups is 1. The number of nitriles is 1. The first kappa shape index (κ1) is 11.9. The first-order valence-corrected chi connectivity index (χ1v) is 6.10. The zero-order valence-corrected chi connectivity index (χ0v) is 10.2. The summed E-state index contributed by atoms with van der Waals surface area (Å²) in [6, 6.07) is 8.13. The molecule has 1 aliphatic heterocycles. The summed E-state index contributed by atoms with van der Waals surface area (Å²) in [5.41, 5.74) is 3.46. The Bertz CT molecular complexity index is 479. The van der Waals surface area contributed by atoms with E-state index in [0.717, 1.165) is 17.5 Å². The molecule has 0 spiro atoms. The van der Waals surface area contributed by atoms with Crippen LogP contribution in [0.2, 0.25) is 0 Å². The van der Waals surface area contributed by atoms with Crippen LogP contribution < -0.4 is 0 Å². The minimum atomic E-state index is -0.0250. The summed E-state index contributed by atoms with van der Waals surface area (Å²) in [6.45, 7) is 1.31. The molecule has 1 aromatic rings. The SMILES string of the molecule is N#CCc1cccc2c1CCN(C(=O)CCl)C2. The van der Waals surface area contributed by atoms with Crippen molar-refractivity contribution in [3.8, 4) is 6.07 Å². The third-order valence-corrected chi connectivity index (χ3v) is 3.33. The van der Waals surface area contributed by atoms with E-state index in [2.05, 4.69) is 6.07 Å². The van der Waals surface area contributed by atoms with Crippen molar-refractivity contribution in [2.75, 3.05) is 12.4 Å². The summed E-state index contributed by atoms with van der Waals surface area (Å²) < 4.78 is 0. The standard InChI is InChI=1S/C13H13ClN2O/c14-8-13(17)16-7-5-12-10(4-6-15)2-1-3-11(12)9-16/h1-3H,4-5,7-9H2. The van der Waals surface area contributed by atoms with E-state index in [-0.39, 0.29) is 11.8 Å². The maximum atomic E-state index is 11.5. The number of nitrogens with zero attached hydrogens (tertiary/aromatic N) is 2. The van der Waals surface area contributed by atoms with Gasteiger partial charge in [-0.3, -0.25) is 4.79 Å². The van der Waals surface area contributed by atoms with E-state index in [9.17, 15) is 4.79 Å². The number of amides is 1. The fourth-order valence-electron chi connectivity index (χ4n) is 2.24. The number of halogens is 1. The molecule has 1 amide bonds. The summed E-state index contributed by atoms with van der Waals surface area (Å²) in [5.74, 6) is 0.00994. The minimum Gasteiger partial charge on any atom is -0.337 e. The molecule has 0 unspecified atom stereocenters. The minimum absolute atomic E-state index is 0.0250. The van der Waals surface area contributed by atoms with Crippen LogP contribution in [0, 0.1) is 11.3 Å². The highest BCUT2D eigenvalue weighted by molar-refractivity contribution is 6.27. The molecule has 1 aromatic carbocycles. The highest BCUT2D eigenvalue weighted by Crippen LogP contribution is 2.23. The molecule has 0 aliphatic carbocycles. The maximum Gasteiger partial charge on any atom is 0.237 e. The van der Waals surface area contributed by atoms with Crippen LogP contribution >= 0.6 is 11.6 Å². The molecule has 17 heavy (non-hydrogen) atoms. The second kappa shape index (κ2) is 5.20. The van der Waals surface area contributed by atoms with Crippen molar-refractivity contribution in [1.29, 1.82) is 5.26 Å². The van der Waals surface area contributed by atoms with Crippen LogP contribution in [-0.4, -0.2) is 23.2 Å². The summed E-state index contributed by atoms with van der Waals surface area (Å²) in [5, 5.41) is 8.77. The van der Waals surface area contributed by atoms with E-state index in [1.165, 1.54) is 5.56 Å². The van der Waals surface area contributed by atoms with Gasteiger partial charge in [0.05, 0.1) is 12.5 Å². The molecule has 0 aromatic heterocycles. The van der Waals surface area contributed by atoms with Crippen molar-refractivity contribution in [2.45, 2.75) is 19.4 Å². The lowest BCUT2D eigenvalue weighted by molar-refractivity contribution is -0.129. The normalized spacial score (nSPS) is 14.0. The highest BCUT2D eigenvalue weighted by atomic mass is 35.5. The molecule has 1 aliphatic rings. The van der Waals surface area contributed by atoms with Gasteiger partial charge in [-0.05, 0) is 23.1 Å². The maximum absolute atomic E-state index is 11.5. The molecular weight excluding hydrogens is 236 g/mol. The third kappa shape index (κ3) is 2.42. The van der Waals surface area contributed by atoms with Gasteiger partial charge in [0.1, 0.15) is 5.88 Å². The van der Waals surface area contributed by atoms with E-state index >= 15 is 0 Å². The van der Waals surface area contributed by atoms with Crippen molar-refractivity contribution in [1.82, 2.24) is 4.90 Å². The molecule has 0 N–H and O–H groups in total. The summed E-state index contributed by atoms with van der Waals surface area (Å²) >= 11 is 5.56. The van der Waals surface area contributed by atoms with E-state index in [1.54, 1.807) is 4.90 Å². The van der Waals surface area contributed by atoms with Gasteiger partial charge in [0, 0.05) is 13.1 Å². The average Bonchev–Trinajstić information content (AvgIpc) is 2.38. The number of carbonyl (C=O) groups excluding carboxylic acids is 1. The quantitative estimate of drug-likeness (QED) is 0.750. The predicted octanol–water partition coefficient (Wildman–Crippen LogP) is 1.88. The van der Waals surface area contributed by atoms with Crippen LogP contribution in [0.5, 0.6) is 0 Å². The average molecular weight is 249 g/mol. The number of hydrogen-bond acceptors (Lipinski definition) is 2. The van der Waals surface area contributed by atoms with Crippen LogP contribution in [0.4, 0.5) is 0 Å². The Morgan fingerprint density at radius 1 is 1.53 bits per heavy atom. The molecule has 3 nitrogen and oxygen atoms in total. The van der Waals surface area contributed by atoms with E-state index in [0.29, 0.717) is 19.5 Å². The zero-order valence-electron chi connectivity index (χ0n) is 9.45. The first-order valence-electron chi connectivity index (χ1n) is 5.56. The molecule has 0 radical (unpaired) electrons. The van der Waals surface area contributed by atoms with Gasteiger partial charge in [-0.2, -0.15) is 5.26 Å². The lowest BCUT2D eigenvalue weighted by Crippen LogP contribution is -2.37. The number of hydrogen-bond donors (Lipinski definition) is 0. The van der Waals surface area contributed by atoms with E-state index < -0.39 is 0 Å². The summed E-state index contributed by atoms with van der Waals surface area (Å²) in [6.07, 6.45) is 1.25. The van der Waals surface area contributed by atoms with Crippen LogP contribution in [0.1, 0.15) is 16.7 Å². The fraction of sp³-hybridized carbons (Fsp3) is 0.385. The molecule has 0 saturated carbocycles. The second-order valence-electron chi connectivity index (χ2n) is 4.09. The van der Waals surface area contributed by atoms with E-state index in [1.807, 2.05) is 18.2 Å². The first-order chi connectivity index (χ1) is 8.26. The zero-order chi connectivity index (χ0) is 12.3. The second-order valence-corrected chi connectivity index (χ2v) is 4.36. The lowest BCUT2D eigenvalue weighted by atomic mass is 9.93. The van der Waals surface area contributed by atoms with Gasteiger partial charge < -0.3 is 4.90 Å². The van der Waals surface area contributed by atoms with Crippen LogP contribution in [0.25, 0.3) is 0 Å². The molecule has 0 fully saturated rings. The Morgan fingerprint density at radius 2 is 2.35 bits per heavy atom. The largest absolute Gasteiger partial charge is 0.337 e. The fourth-order valence-corrected chi connectivity index (χ4v) is 2.41. The summed E-state index contributed by atoms with van der Waals surface area (Å²) in [4.78, 5) is 13.3. The number of alkyl halides is 1. The molecule has 88 valence electrons. The van der Waals surface area contributed by atoms with Gasteiger partial charge in [-0.15, -0.1) is 11.6 Å². The molecule has 0 saturated heterocycles. The lowest BCUT2D eigenvalue weighted by Gasteiger charge is -2.29. The van der Waals surface area contributed by atoms with Gasteiger partial charge in [0.15, 0.2) is 0 Å². The topological polar surface area (TPSA) is 44.1 Å². The Balaban J connectivity index is 2.25. The molecule has 1 heterocycles. The smallest absolute Gasteiger partial charge is 0.237 e. The Morgan fingerprint density at radius 3 is 3.06 bits per heavy atom. The Hall–Kier alpha value is -1.53. The summed E-state index contributed by atoms with van der Waals surface area (Å²) in [7, 11) is 0. The molecular formula is C13H13ClN2O. The van der Waals surface area contributed by atoms with Crippen molar-refractivity contribution in [3.63, 3.8) is 0 Å². The van der Waals surface area contributed by atoms with Crippen molar-refractivity contribution >= 4 is 17.5 Å². The van der Waals surface area contributed by atoms with Crippen LogP contribution in [0.15, 0.2) is 18.2 Å². The van der Waals surface area contributed by atoms with Gasteiger partial charge in [0.25, 0.3) is 0 Å². The van der Waals surface area contributed by atoms with Gasteiger partial charge >= 0.3 is 0 Å². The van der Waals surface area contributed by atoms with Crippen molar-refractivity contribution in [3.05, 3.63) is 34.9 Å². The van der Waals surface area contributed by atoms with Gasteiger partial charge in [-0.25, -0.2) is 0 Å². The molecule has 4 heteroatoms. The van der Waals surface area contributed by atoms with Crippen LogP contribution in [-0.2, 0) is 24.2 Å². The molecule has 0 bridgehead atoms. The van der Waals surface area contributed by atoms with Gasteiger partial charge in [0.2, 0.25) is 5.91 Å². The van der Waals surface area contributed by atoms with Gasteiger partial charge in [-0.1, -0.05) is 18.2 Å². The highest BCUT2D eigenvalue weighted by Gasteiger charge is 2.21. The predicted molar refractivity (Wildman–Crippen MR) is 65.6 cm³/mol. The number of fused-ring (bicyclic) bond motifs is 1. The number of benzene rings is 1. The van der Waals surface area contributed by atoms with Crippen molar-refractivity contribution < 1.29 is 4.79 Å². The third-order valence-electron chi connectivity index (χ3n) is 3.10.